The number of carbonyl (C=O) groups is 1. The molecule has 0 heterocycles. The number of rotatable bonds is 4. The molecule has 0 aromatic heterocycles. The van der Waals surface area contributed by atoms with Crippen LogP contribution in [0.3, 0.4) is 0 Å². The molecular formula is C19H18O. The van der Waals surface area contributed by atoms with Gasteiger partial charge in [-0.1, -0.05) is 54.6 Å². The summed E-state index contributed by atoms with van der Waals surface area (Å²) in [7, 11) is 0. The summed E-state index contributed by atoms with van der Waals surface area (Å²) in [5, 5.41) is 0. The van der Waals surface area contributed by atoms with Gasteiger partial charge < -0.3 is 0 Å². The lowest BCUT2D eigenvalue weighted by Crippen LogP contribution is -2.00. The van der Waals surface area contributed by atoms with E-state index in [-0.39, 0.29) is 5.78 Å². The van der Waals surface area contributed by atoms with Gasteiger partial charge in [0.05, 0.1) is 0 Å². The zero-order valence-electron chi connectivity index (χ0n) is 11.9. The van der Waals surface area contributed by atoms with Gasteiger partial charge in [-0.25, -0.2) is 0 Å². The summed E-state index contributed by atoms with van der Waals surface area (Å²) in [6.45, 7) is 4.05. The minimum atomic E-state index is 0.0667. The fourth-order valence-electron chi connectivity index (χ4n) is 1.92. The highest BCUT2D eigenvalue weighted by molar-refractivity contribution is 6.08. The molecule has 0 radical (unpaired) electrons. The van der Waals surface area contributed by atoms with Crippen LogP contribution in [-0.2, 0) is 6.42 Å². The van der Waals surface area contributed by atoms with Crippen molar-refractivity contribution < 1.29 is 4.79 Å². The molecule has 0 unspecified atom stereocenters. The van der Waals surface area contributed by atoms with Gasteiger partial charge in [0.25, 0.3) is 0 Å². The molecule has 2 aromatic rings. The van der Waals surface area contributed by atoms with E-state index >= 15 is 0 Å². The van der Waals surface area contributed by atoms with Crippen LogP contribution >= 0.6 is 0 Å². The van der Waals surface area contributed by atoms with E-state index in [2.05, 4.69) is 5.73 Å². The Balaban J connectivity index is 2.13. The van der Waals surface area contributed by atoms with Crippen molar-refractivity contribution >= 4 is 5.78 Å². The van der Waals surface area contributed by atoms with Gasteiger partial charge in [-0.3, -0.25) is 4.79 Å². The maximum atomic E-state index is 12.2. The monoisotopic (exact) mass is 262 g/mol. The number of ketones is 1. The Bertz CT molecular complexity index is 638. The highest BCUT2D eigenvalue weighted by Crippen LogP contribution is 2.11. The second-order valence-corrected chi connectivity index (χ2v) is 4.94. The lowest BCUT2D eigenvalue weighted by atomic mass is 10.0. The molecule has 2 rings (SSSR count). The summed E-state index contributed by atoms with van der Waals surface area (Å²) in [6.07, 6.45) is 2.86. The normalized spacial score (nSPS) is 9.70. The summed E-state index contributed by atoms with van der Waals surface area (Å²) in [4.78, 5) is 12.2. The molecule has 0 saturated heterocycles. The number of benzene rings is 2. The third kappa shape index (κ3) is 3.81. The molecular weight excluding hydrogens is 244 g/mol. The lowest BCUT2D eigenvalue weighted by Gasteiger charge is -2.02. The van der Waals surface area contributed by atoms with E-state index in [1.807, 2.05) is 74.5 Å². The highest BCUT2D eigenvalue weighted by atomic mass is 16.1. The third-order valence-electron chi connectivity index (χ3n) is 2.98. The van der Waals surface area contributed by atoms with Gasteiger partial charge in [0.2, 0.25) is 0 Å². The first kappa shape index (κ1) is 14.0. The van der Waals surface area contributed by atoms with E-state index in [4.69, 9.17) is 0 Å². The largest absolute Gasteiger partial charge is 0.289 e. The standard InChI is InChI=1S/C19H18O/c1-15(2)7-6-8-16-11-13-18(14-12-16)19(20)17-9-4-3-5-10-17/h3-6,9-14H,8H2,1-2H3. The molecule has 0 fully saturated rings. The second kappa shape index (κ2) is 6.70. The number of allylic oxidation sites excluding steroid dienone is 1. The molecule has 0 bridgehead atoms. The van der Waals surface area contributed by atoms with Crippen molar-refractivity contribution in [2.75, 3.05) is 0 Å². The molecule has 0 aliphatic rings. The smallest absolute Gasteiger partial charge is 0.193 e. The van der Waals surface area contributed by atoms with Crippen LogP contribution in [0.25, 0.3) is 0 Å². The van der Waals surface area contributed by atoms with Crippen molar-refractivity contribution in [3.05, 3.63) is 88.7 Å². The van der Waals surface area contributed by atoms with Crippen LogP contribution in [0.5, 0.6) is 0 Å². The summed E-state index contributed by atoms with van der Waals surface area (Å²) in [5.74, 6) is 0.0667. The van der Waals surface area contributed by atoms with Crippen molar-refractivity contribution in [3.63, 3.8) is 0 Å². The fraction of sp³-hybridized carbons (Fsp3) is 0.158. The van der Waals surface area contributed by atoms with Crippen LogP contribution in [0, 0.1) is 0 Å². The van der Waals surface area contributed by atoms with E-state index in [0.29, 0.717) is 0 Å². The fourth-order valence-corrected chi connectivity index (χ4v) is 1.92. The Labute approximate surface area is 120 Å². The molecule has 0 amide bonds. The van der Waals surface area contributed by atoms with E-state index in [0.717, 1.165) is 17.5 Å². The highest BCUT2D eigenvalue weighted by Gasteiger charge is 2.07. The van der Waals surface area contributed by atoms with Gasteiger partial charge in [-0.2, -0.15) is 0 Å². The van der Waals surface area contributed by atoms with Gasteiger partial charge in [0.15, 0.2) is 5.78 Å². The maximum Gasteiger partial charge on any atom is 0.193 e. The first-order chi connectivity index (χ1) is 9.66. The zero-order chi connectivity index (χ0) is 14.4. The SMILES string of the molecule is CC(C)=C=CCc1ccc(C(=O)c2ccccc2)cc1. The summed E-state index contributed by atoms with van der Waals surface area (Å²) in [6, 6.07) is 17.1. The Kier molecular flexibility index (Phi) is 4.70. The van der Waals surface area contributed by atoms with Gasteiger partial charge >= 0.3 is 0 Å². The molecule has 1 heteroatoms. The van der Waals surface area contributed by atoms with Crippen LogP contribution in [-0.4, -0.2) is 5.78 Å². The molecule has 0 atom stereocenters. The van der Waals surface area contributed by atoms with Gasteiger partial charge in [-0.15, -0.1) is 5.73 Å². The first-order valence-corrected chi connectivity index (χ1v) is 6.74. The average molecular weight is 262 g/mol. The Morgan fingerprint density at radius 1 is 0.950 bits per heavy atom. The van der Waals surface area contributed by atoms with Gasteiger partial charge in [-0.05, 0) is 37.5 Å². The molecule has 0 aliphatic carbocycles. The summed E-state index contributed by atoms with van der Waals surface area (Å²) >= 11 is 0. The molecule has 100 valence electrons. The van der Waals surface area contributed by atoms with Crippen LogP contribution in [0.2, 0.25) is 0 Å². The Hall–Kier alpha value is -2.37. The van der Waals surface area contributed by atoms with Crippen molar-refractivity contribution in [1.29, 1.82) is 0 Å². The maximum absolute atomic E-state index is 12.2. The molecule has 0 aliphatic heterocycles. The van der Waals surface area contributed by atoms with Crippen molar-refractivity contribution in [1.82, 2.24) is 0 Å². The molecule has 1 nitrogen and oxygen atoms in total. The van der Waals surface area contributed by atoms with Crippen LogP contribution in [0.4, 0.5) is 0 Å². The van der Waals surface area contributed by atoms with Crippen LogP contribution in [0.15, 0.2) is 72.0 Å². The predicted octanol–water partition coefficient (Wildman–Crippen LogP) is 4.58. The minimum Gasteiger partial charge on any atom is -0.289 e. The molecule has 20 heavy (non-hydrogen) atoms. The zero-order valence-corrected chi connectivity index (χ0v) is 11.9. The average Bonchev–Trinajstić information content (AvgIpc) is 2.48. The minimum absolute atomic E-state index is 0.0667. The summed E-state index contributed by atoms with van der Waals surface area (Å²) in [5.41, 5.74) is 6.99. The van der Waals surface area contributed by atoms with Gasteiger partial charge in [0.1, 0.15) is 0 Å². The van der Waals surface area contributed by atoms with E-state index in [1.54, 1.807) is 0 Å². The number of hydrogen-bond donors (Lipinski definition) is 0. The molecule has 0 spiro atoms. The van der Waals surface area contributed by atoms with Crippen LogP contribution in [0.1, 0.15) is 35.3 Å². The van der Waals surface area contributed by atoms with Gasteiger partial charge in [0, 0.05) is 11.1 Å². The molecule has 2 aromatic carbocycles. The molecule has 0 saturated carbocycles. The number of hydrogen-bond acceptors (Lipinski definition) is 1. The topological polar surface area (TPSA) is 17.1 Å². The predicted molar refractivity (Wildman–Crippen MR) is 83.0 cm³/mol. The van der Waals surface area contributed by atoms with Crippen LogP contribution < -0.4 is 0 Å². The summed E-state index contributed by atoms with van der Waals surface area (Å²) < 4.78 is 0. The second-order valence-electron chi connectivity index (χ2n) is 4.94. The Morgan fingerprint density at radius 2 is 1.55 bits per heavy atom. The lowest BCUT2D eigenvalue weighted by molar-refractivity contribution is 0.103. The third-order valence-corrected chi connectivity index (χ3v) is 2.98. The first-order valence-electron chi connectivity index (χ1n) is 6.74. The quantitative estimate of drug-likeness (QED) is 0.582. The van der Waals surface area contributed by atoms with E-state index < -0.39 is 0 Å². The van der Waals surface area contributed by atoms with E-state index in [1.165, 1.54) is 11.1 Å². The molecule has 0 N–H and O–H groups in total. The van der Waals surface area contributed by atoms with Crippen molar-refractivity contribution in [2.45, 2.75) is 20.3 Å². The number of carbonyl (C=O) groups excluding carboxylic acids is 1. The van der Waals surface area contributed by atoms with E-state index in [9.17, 15) is 4.79 Å². The van der Waals surface area contributed by atoms with Crippen molar-refractivity contribution in [2.24, 2.45) is 0 Å². The van der Waals surface area contributed by atoms with Crippen molar-refractivity contribution in [3.8, 4) is 0 Å². The Morgan fingerprint density at radius 3 is 2.15 bits per heavy atom.